The molecule has 1 unspecified atom stereocenters. The van der Waals surface area contributed by atoms with E-state index in [1.165, 1.54) is 6.92 Å². The largest absolute Gasteiger partial charge is 0.481 e. The van der Waals surface area contributed by atoms with Gasteiger partial charge in [0.15, 0.2) is 6.10 Å². The Bertz CT molecular complexity index is 445. The van der Waals surface area contributed by atoms with Gasteiger partial charge in [0.25, 0.3) is 5.91 Å². The smallest absolute Gasteiger partial charge is 0.318 e. The summed E-state index contributed by atoms with van der Waals surface area (Å²) in [6.45, 7) is 3.08. The van der Waals surface area contributed by atoms with Crippen LogP contribution >= 0.6 is 0 Å². The second-order valence-corrected chi connectivity index (χ2v) is 3.83. The summed E-state index contributed by atoms with van der Waals surface area (Å²) in [6, 6.07) is 5.87. The minimum Gasteiger partial charge on any atom is -0.481 e. The molecular weight excluding hydrogens is 236 g/mol. The summed E-state index contributed by atoms with van der Waals surface area (Å²) in [5.74, 6) is -0.248. The van der Waals surface area contributed by atoms with Gasteiger partial charge in [-0.2, -0.15) is 0 Å². The molecule has 0 heterocycles. The number of hydrogen-bond acceptors (Lipinski definition) is 4. The van der Waals surface area contributed by atoms with Crippen LogP contribution < -0.4 is 15.8 Å². The summed E-state index contributed by atoms with van der Waals surface area (Å²) in [4.78, 5) is 22.0. The molecule has 2 atom stereocenters. The molecule has 0 aromatic heterocycles. The molecule has 0 aliphatic heterocycles. The third-order valence-electron chi connectivity index (χ3n) is 2.29. The van der Waals surface area contributed by atoms with Crippen molar-refractivity contribution in [2.24, 2.45) is 5.73 Å². The number of carbonyl (C=O) groups excluding carboxylic acids is 2. The Morgan fingerprint density at radius 3 is 2.50 bits per heavy atom. The highest BCUT2D eigenvalue weighted by Crippen LogP contribution is 2.25. The summed E-state index contributed by atoms with van der Waals surface area (Å²) in [7, 11) is 0. The first-order valence-corrected chi connectivity index (χ1v) is 5.45. The number of benzene rings is 1. The van der Waals surface area contributed by atoms with Crippen LogP contribution in [0, 0.1) is 0 Å². The minimum absolute atomic E-state index is 0.389. The SMILES string of the molecule is CC(Oc1ccccc1[C@H](C)O)C(=O)NC(N)=O. The molecule has 0 spiro atoms. The first kappa shape index (κ1) is 14.0. The predicted molar refractivity (Wildman–Crippen MR) is 64.9 cm³/mol. The number of urea groups is 1. The van der Waals surface area contributed by atoms with Gasteiger partial charge in [-0.15, -0.1) is 0 Å². The number of imide groups is 1. The monoisotopic (exact) mass is 252 g/mol. The van der Waals surface area contributed by atoms with E-state index < -0.39 is 24.1 Å². The number of carbonyl (C=O) groups is 2. The van der Waals surface area contributed by atoms with Crippen LogP contribution in [0.4, 0.5) is 4.79 Å². The van der Waals surface area contributed by atoms with Crippen LogP contribution in [0.25, 0.3) is 0 Å². The van der Waals surface area contributed by atoms with E-state index in [4.69, 9.17) is 10.5 Å². The molecule has 0 bridgehead atoms. The molecule has 6 heteroatoms. The number of nitrogens with one attached hydrogen (secondary N) is 1. The zero-order valence-corrected chi connectivity index (χ0v) is 10.2. The number of amides is 3. The van der Waals surface area contributed by atoms with Crippen molar-refractivity contribution in [2.45, 2.75) is 26.1 Å². The van der Waals surface area contributed by atoms with Gasteiger partial charge in [0, 0.05) is 5.56 Å². The Morgan fingerprint density at radius 1 is 1.33 bits per heavy atom. The van der Waals surface area contributed by atoms with E-state index in [9.17, 15) is 14.7 Å². The van der Waals surface area contributed by atoms with Gasteiger partial charge in [0.05, 0.1) is 6.10 Å². The molecule has 0 saturated heterocycles. The van der Waals surface area contributed by atoms with E-state index in [1.807, 2.05) is 5.32 Å². The van der Waals surface area contributed by atoms with Gasteiger partial charge in [0.2, 0.25) is 0 Å². The lowest BCUT2D eigenvalue weighted by atomic mass is 10.1. The first-order chi connectivity index (χ1) is 8.41. The Morgan fingerprint density at radius 2 is 1.94 bits per heavy atom. The molecule has 6 nitrogen and oxygen atoms in total. The van der Waals surface area contributed by atoms with Crippen LogP contribution in [0.15, 0.2) is 24.3 Å². The third kappa shape index (κ3) is 3.74. The fourth-order valence-corrected chi connectivity index (χ4v) is 1.40. The fourth-order valence-electron chi connectivity index (χ4n) is 1.40. The molecular formula is C12H16N2O4. The number of aliphatic hydroxyl groups is 1. The van der Waals surface area contributed by atoms with Gasteiger partial charge in [-0.3, -0.25) is 10.1 Å². The van der Waals surface area contributed by atoms with E-state index in [0.29, 0.717) is 11.3 Å². The van der Waals surface area contributed by atoms with Crippen LogP contribution in [0.2, 0.25) is 0 Å². The van der Waals surface area contributed by atoms with E-state index in [-0.39, 0.29) is 0 Å². The number of ether oxygens (including phenoxy) is 1. The minimum atomic E-state index is -0.931. The zero-order valence-electron chi connectivity index (χ0n) is 10.2. The molecule has 1 rings (SSSR count). The molecule has 3 amide bonds. The molecule has 0 saturated carbocycles. The molecule has 98 valence electrons. The predicted octanol–water partition coefficient (Wildman–Crippen LogP) is 0.702. The molecule has 1 aromatic carbocycles. The van der Waals surface area contributed by atoms with Crippen LogP contribution in [-0.4, -0.2) is 23.1 Å². The van der Waals surface area contributed by atoms with E-state index >= 15 is 0 Å². The van der Waals surface area contributed by atoms with E-state index in [2.05, 4.69) is 0 Å². The van der Waals surface area contributed by atoms with Crippen molar-refractivity contribution in [2.75, 3.05) is 0 Å². The van der Waals surface area contributed by atoms with E-state index in [1.54, 1.807) is 31.2 Å². The number of para-hydroxylation sites is 1. The highest BCUT2D eigenvalue weighted by molar-refractivity contribution is 5.95. The van der Waals surface area contributed by atoms with Gasteiger partial charge < -0.3 is 15.6 Å². The second kappa shape index (κ2) is 6.02. The van der Waals surface area contributed by atoms with Crippen molar-refractivity contribution in [1.82, 2.24) is 5.32 Å². The summed E-state index contributed by atoms with van der Waals surface area (Å²) >= 11 is 0. The Kier molecular flexibility index (Phi) is 4.67. The average Bonchev–Trinajstić information content (AvgIpc) is 2.28. The molecule has 0 aliphatic rings. The molecule has 4 N–H and O–H groups in total. The highest BCUT2D eigenvalue weighted by atomic mass is 16.5. The normalized spacial score (nSPS) is 13.5. The van der Waals surface area contributed by atoms with Crippen LogP contribution in [0.3, 0.4) is 0 Å². The van der Waals surface area contributed by atoms with E-state index in [0.717, 1.165) is 0 Å². The van der Waals surface area contributed by atoms with Gasteiger partial charge in [-0.25, -0.2) is 4.79 Å². The van der Waals surface area contributed by atoms with Gasteiger partial charge >= 0.3 is 6.03 Å². The van der Waals surface area contributed by atoms with Crippen LogP contribution in [0.5, 0.6) is 5.75 Å². The molecule has 0 aliphatic carbocycles. The summed E-state index contributed by atoms with van der Waals surface area (Å²) in [6.07, 6.45) is -1.61. The highest BCUT2D eigenvalue weighted by Gasteiger charge is 2.18. The third-order valence-corrected chi connectivity index (χ3v) is 2.29. The lowest BCUT2D eigenvalue weighted by Crippen LogP contribution is -2.42. The summed E-state index contributed by atoms with van der Waals surface area (Å²) in [5, 5.41) is 11.5. The van der Waals surface area contributed by atoms with Crippen molar-refractivity contribution in [1.29, 1.82) is 0 Å². The molecule has 18 heavy (non-hydrogen) atoms. The van der Waals surface area contributed by atoms with Gasteiger partial charge in [-0.1, -0.05) is 18.2 Å². The van der Waals surface area contributed by atoms with Gasteiger partial charge in [-0.05, 0) is 19.9 Å². The van der Waals surface area contributed by atoms with Crippen molar-refractivity contribution in [3.63, 3.8) is 0 Å². The maximum atomic E-state index is 11.4. The topological polar surface area (TPSA) is 102 Å². The average molecular weight is 252 g/mol. The number of rotatable bonds is 4. The fraction of sp³-hybridized carbons (Fsp3) is 0.333. The maximum absolute atomic E-state index is 11.4. The first-order valence-electron chi connectivity index (χ1n) is 5.45. The Labute approximate surface area is 105 Å². The van der Waals surface area contributed by atoms with Crippen molar-refractivity contribution >= 4 is 11.9 Å². The zero-order chi connectivity index (χ0) is 13.7. The Hall–Kier alpha value is -2.08. The quantitative estimate of drug-likeness (QED) is 0.734. The number of nitrogens with two attached hydrogens (primary N) is 1. The summed E-state index contributed by atoms with van der Waals surface area (Å²) < 4.78 is 5.39. The molecule has 1 aromatic rings. The second-order valence-electron chi connectivity index (χ2n) is 3.83. The maximum Gasteiger partial charge on any atom is 0.318 e. The van der Waals surface area contributed by atoms with Gasteiger partial charge in [0.1, 0.15) is 5.75 Å². The molecule has 0 radical (unpaired) electrons. The van der Waals surface area contributed by atoms with Crippen LogP contribution in [0.1, 0.15) is 25.5 Å². The number of aliphatic hydroxyl groups excluding tert-OH is 1. The Balaban J connectivity index is 2.78. The molecule has 0 fully saturated rings. The number of primary amides is 1. The van der Waals surface area contributed by atoms with Crippen molar-refractivity contribution in [3.05, 3.63) is 29.8 Å². The van der Waals surface area contributed by atoms with Crippen molar-refractivity contribution < 1.29 is 19.4 Å². The summed E-state index contributed by atoms with van der Waals surface area (Å²) in [5.41, 5.74) is 5.40. The number of hydrogen-bond donors (Lipinski definition) is 3. The van der Waals surface area contributed by atoms with Crippen molar-refractivity contribution in [3.8, 4) is 5.75 Å². The van der Waals surface area contributed by atoms with Crippen LogP contribution in [-0.2, 0) is 4.79 Å². The standard InChI is InChI=1S/C12H16N2O4/c1-7(15)9-5-3-4-6-10(9)18-8(2)11(16)14-12(13)17/h3-8,15H,1-2H3,(H3,13,14,16,17)/t7-,8?/m0/s1. The lowest BCUT2D eigenvalue weighted by molar-refractivity contribution is -0.126. The lowest BCUT2D eigenvalue weighted by Gasteiger charge is -2.17.